The first-order chi connectivity index (χ1) is 20.7. The lowest BCUT2D eigenvalue weighted by atomic mass is 9.56. The van der Waals surface area contributed by atoms with Crippen molar-refractivity contribution in [1.29, 1.82) is 0 Å². The fourth-order valence-corrected chi connectivity index (χ4v) is 8.82. The number of phenols is 1. The molecule has 11 heteroatoms. The average molecular weight is 640 g/mol. The molecule has 7 rings (SSSR count). The normalized spacial score (nSPS) is 32.9. The highest BCUT2D eigenvalue weighted by Gasteiger charge is 2.77. The lowest BCUT2D eigenvalue weighted by molar-refractivity contribution is -0.145. The number of hydrogen-bond donors (Lipinski definition) is 1. The maximum atomic E-state index is 14.4. The van der Waals surface area contributed by atoms with E-state index < -0.39 is 56.6 Å². The second-order valence-electron chi connectivity index (χ2n) is 13.2. The van der Waals surface area contributed by atoms with Crippen LogP contribution in [0.5, 0.6) is 11.5 Å². The van der Waals surface area contributed by atoms with Gasteiger partial charge in [0.25, 0.3) is 11.8 Å². The largest absolute Gasteiger partial charge is 0.508 e. The van der Waals surface area contributed by atoms with E-state index in [1.807, 2.05) is 6.08 Å². The number of anilines is 1. The highest BCUT2D eigenvalue weighted by Crippen LogP contribution is 2.65. The number of carbonyl (C=O) groups is 4. The van der Waals surface area contributed by atoms with Crippen LogP contribution in [-0.4, -0.2) is 48.9 Å². The Labute approximate surface area is 263 Å². The number of fused-ring (bicyclic) bond motifs is 5. The first-order valence-electron chi connectivity index (χ1n) is 14.5. The quantitative estimate of drug-likeness (QED) is 0.274. The minimum Gasteiger partial charge on any atom is -0.508 e. The van der Waals surface area contributed by atoms with Crippen LogP contribution in [0.25, 0.3) is 0 Å². The Bertz CT molecular complexity index is 1730. The first-order valence-corrected chi connectivity index (χ1v) is 15.2. The standard InChI is InChI=1S/C33H29Cl2FN2O6/c1-31(2,3)38-27(40)22-10-9-21-23(25(22)28(38)41)14-32(34)29(42)37(19-6-4-18(36)5-7-19)30(43)33(32,35)26(21)17-12-16-13-20(39)8-11-24(16)44-15-17/h4-9,11,13,15,22-23,25-26,39H,10,12,14H2,1-3H3/t22-,23+,25-,26-,32+,33-/m0/s1. The number of nitrogens with zero attached hydrogens (tertiary/aromatic N) is 2. The summed E-state index contributed by atoms with van der Waals surface area (Å²) < 4.78 is 19.8. The fourth-order valence-electron chi connectivity index (χ4n) is 7.87. The second-order valence-corrected chi connectivity index (χ2v) is 14.5. The van der Waals surface area contributed by atoms with E-state index >= 15 is 0 Å². The average Bonchev–Trinajstić information content (AvgIpc) is 3.31. The summed E-state index contributed by atoms with van der Waals surface area (Å²) in [5.41, 5.74) is 1.16. The number of phenolic OH excluding ortho intramolecular Hbond substituents is 1. The third-order valence-corrected chi connectivity index (χ3v) is 11.1. The van der Waals surface area contributed by atoms with Gasteiger partial charge in [-0.25, -0.2) is 9.29 Å². The maximum Gasteiger partial charge on any atom is 0.258 e. The van der Waals surface area contributed by atoms with Gasteiger partial charge in [0.1, 0.15) is 17.3 Å². The lowest BCUT2D eigenvalue weighted by Crippen LogP contribution is -2.61. The Balaban J connectivity index is 1.40. The van der Waals surface area contributed by atoms with Crippen LogP contribution in [0.2, 0.25) is 0 Å². The molecule has 1 saturated carbocycles. The zero-order chi connectivity index (χ0) is 31.5. The number of ether oxygens (including phenoxy) is 1. The van der Waals surface area contributed by atoms with Crippen molar-refractivity contribution < 1.29 is 33.4 Å². The van der Waals surface area contributed by atoms with Crippen LogP contribution in [0.1, 0.15) is 39.2 Å². The van der Waals surface area contributed by atoms with Crippen molar-refractivity contribution in [3.05, 3.63) is 77.3 Å². The monoisotopic (exact) mass is 638 g/mol. The Morgan fingerprint density at radius 2 is 1.68 bits per heavy atom. The third-order valence-electron chi connectivity index (χ3n) is 9.71. The summed E-state index contributed by atoms with van der Waals surface area (Å²) in [6, 6.07) is 9.55. The van der Waals surface area contributed by atoms with Gasteiger partial charge in [0.05, 0.1) is 23.8 Å². The van der Waals surface area contributed by atoms with Gasteiger partial charge in [0.2, 0.25) is 11.8 Å². The minimum absolute atomic E-state index is 0.0223. The molecular formula is C33H29Cl2FN2O6. The molecular weight excluding hydrogens is 610 g/mol. The molecule has 6 atom stereocenters. The molecule has 2 aromatic rings. The predicted octanol–water partition coefficient (Wildman–Crippen LogP) is 5.24. The topological polar surface area (TPSA) is 104 Å². The number of likely N-dealkylation sites (tertiary alicyclic amines) is 1. The Morgan fingerprint density at radius 3 is 2.36 bits per heavy atom. The van der Waals surface area contributed by atoms with E-state index in [1.165, 1.54) is 29.4 Å². The number of imide groups is 2. The number of benzene rings is 2. The molecule has 0 unspecified atom stereocenters. The molecule has 0 aromatic heterocycles. The number of hydrogen-bond acceptors (Lipinski definition) is 6. The number of allylic oxidation sites excluding steroid dienone is 3. The molecule has 2 aliphatic carbocycles. The summed E-state index contributed by atoms with van der Waals surface area (Å²) in [7, 11) is 0. The summed E-state index contributed by atoms with van der Waals surface area (Å²) in [6.07, 6.45) is 3.66. The number of aromatic hydroxyl groups is 1. The summed E-state index contributed by atoms with van der Waals surface area (Å²) in [5, 5.41) is 10.2. The highest BCUT2D eigenvalue weighted by atomic mass is 35.5. The predicted molar refractivity (Wildman–Crippen MR) is 159 cm³/mol. The SMILES string of the molecule is CC(C)(C)N1C(=O)[C@H]2[C@H](CC=C3[C@H](C4=COc5ccc(O)cc5C4)[C@]4(Cl)C(=O)N(c5ccc(F)cc5)C(=O)[C@]4(Cl)C[C@H]32)C1=O. The zero-order valence-electron chi connectivity index (χ0n) is 24.1. The molecule has 8 nitrogen and oxygen atoms in total. The van der Waals surface area contributed by atoms with Crippen LogP contribution >= 0.6 is 23.2 Å². The van der Waals surface area contributed by atoms with Crippen LogP contribution in [-0.2, 0) is 25.6 Å². The van der Waals surface area contributed by atoms with E-state index in [2.05, 4.69) is 0 Å². The van der Waals surface area contributed by atoms with E-state index in [4.69, 9.17) is 27.9 Å². The van der Waals surface area contributed by atoms with E-state index in [0.29, 0.717) is 22.5 Å². The molecule has 0 spiro atoms. The Morgan fingerprint density at radius 1 is 0.977 bits per heavy atom. The van der Waals surface area contributed by atoms with E-state index in [0.717, 1.165) is 17.0 Å². The van der Waals surface area contributed by atoms with Gasteiger partial charge in [0.15, 0.2) is 9.75 Å². The molecule has 3 aliphatic heterocycles. The zero-order valence-corrected chi connectivity index (χ0v) is 25.7. The minimum atomic E-state index is -2.05. The van der Waals surface area contributed by atoms with Crippen molar-refractivity contribution in [2.75, 3.05) is 4.90 Å². The van der Waals surface area contributed by atoms with Gasteiger partial charge in [0, 0.05) is 23.4 Å². The van der Waals surface area contributed by atoms with Crippen molar-refractivity contribution in [3.8, 4) is 11.5 Å². The molecule has 3 fully saturated rings. The van der Waals surface area contributed by atoms with Crippen molar-refractivity contribution in [2.24, 2.45) is 23.7 Å². The number of rotatable bonds is 2. The van der Waals surface area contributed by atoms with Gasteiger partial charge in [-0.3, -0.25) is 24.1 Å². The molecule has 2 saturated heterocycles. The third kappa shape index (κ3) is 3.75. The highest BCUT2D eigenvalue weighted by molar-refractivity contribution is 6.58. The molecule has 44 heavy (non-hydrogen) atoms. The van der Waals surface area contributed by atoms with Crippen molar-refractivity contribution in [1.82, 2.24) is 4.90 Å². The van der Waals surface area contributed by atoms with Gasteiger partial charge in [-0.15, -0.1) is 23.2 Å². The van der Waals surface area contributed by atoms with Gasteiger partial charge in [-0.05, 0) is 87.6 Å². The summed E-state index contributed by atoms with van der Waals surface area (Å²) in [4.78, 5) is 54.5. The summed E-state index contributed by atoms with van der Waals surface area (Å²) in [6.45, 7) is 5.38. The van der Waals surface area contributed by atoms with Crippen LogP contribution in [0.3, 0.4) is 0 Å². The van der Waals surface area contributed by atoms with Gasteiger partial charge in [-0.2, -0.15) is 0 Å². The van der Waals surface area contributed by atoms with Gasteiger partial charge >= 0.3 is 0 Å². The van der Waals surface area contributed by atoms with Crippen molar-refractivity contribution in [2.45, 2.75) is 55.3 Å². The Kier molecular flexibility index (Phi) is 6.21. The van der Waals surface area contributed by atoms with E-state index in [1.54, 1.807) is 32.9 Å². The fraction of sp³-hybridized carbons (Fsp3) is 0.394. The van der Waals surface area contributed by atoms with Crippen molar-refractivity contribution >= 4 is 52.5 Å². The Hall–Kier alpha value is -3.69. The van der Waals surface area contributed by atoms with Gasteiger partial charge < -0.3 is 9.84 Å². The maximum absolute atomic E-state index is 14.4. The van der Waals surface area contributed by atoms with Crippen LogP contribution in [0.15, 0.2) is 65.9 Å². The molecule has 5 aliphatic rings. The van der Waals surface area contributed by atoms with Crippen LogP contribution in [0, 0.1) is 29.5 Å². The summed E-state index contributed by atoms with van der Waals surface area (Å²) in [5.74, 6) is -5.32. The van der Waals surface area contributed by atoms with Crippen molar-refractivity contribution in [3.63, 3.8) is 0 Å². The number of amides is 4. The molecule has 2 aromatic carbocycles. The summed E-state index contributed by atoms with van der Waals surface area (Å²) >= 11 is 14.8. The molecule has 1 N–H and O–H groups in total. The molecule has 4 amide bonds. The number of carbonyl (C=O) groups excluding carboxylic acids is 4. The van der Waals surface area contributed by atoms with E-state index in [-0.39, 0.29) is 42.5 Å². The number of alkyl halides is 2. The molecule has 3 heterocycles. The molecule has 0 radical (unpaired) electrons. The van der Waals surface area contributed by atoms with Crippen LogP contribution < -0.4 is 9.64 Å². The number of halogens is 3. The first kappa shape index (κ1) is 29.0. The second kappa shape index (κ2) is 9.41. The van der Waals surface area contributed by atoms with Crippen LogP contribution in [0.4, 0.5) is 10.1 Å². The van der Waals surface area contributed by atoms with E-state index in [9.17, 15) is 28.7 Å². The molecule has 0 bridgehead atoms. The molecule has 228 valence electrons. The lowest BCUT2D eigenvalue weighted by Gasteiger charge is -2.51. The smallest absolute Gasteiger partial charge is 0.258 e. The van der Waals surface area contributed by atoms with Gasteiger partial charge in [-0.1, -0.05) is 11.6 Å².